The number of morpholine rings is 1. The third-order valence-corrected chi connectivity index (χ3v) is 6.73. The SMILES string of the molecule is COCCN1C(=O)/C(=C/c2c(C)c(C#N)c(=O)n(C)c2N2C[C@@H](C)O[C@@H](C)C2)SC1=S. The maximum absolute atomic E-state index is 13.0. The minimum atomic E-state index is -0.355. The number of carbonyl (C=O) groups is 1. The van der Waals surface area contributed by atoms with E-state index in [0.29, 0.717) is 52.4 Å². The Morgan fingerprint density at radius 3 is 2.55 bits per heavy atom. The highest BCUT2D eigenvalue weighted by Crippen LogP contribution is 2.36. The first-order chi connectivity index (χ1) is 14.7. The lowest BCUT2D eigenvalue weighted by Crippen LogP contribution is -2.47. The molecule has 2 atom stereocenters. The van der Waals surface area contributed by atoms with Crippen LogP contribution in [0.25, 0.3) is 6.08 Å². The summed E-state index contributed by atoms with van der Waals surface area (Å²) in [5.41, 5.74) is 0.940. The van der Waals surface area contributed by atoms with Gasteiger partial charge in [0.1, 0.15) is 21.8 Å². The maximum Gasteiger partial charge on any atom is 0.270 e. The summed E-state index contributed by atoms with van der Waals surface area (Å²) in [4.78, 5) is 29.9. The van der Waals surface area contributed by atoms with Crippen molar-refractivity contribution in [3.8, 4) is 6.07 Å². The summed E-state index contributed by atoms with van der Waals surface area (Å²) in [5.74, 6) is 0.471. The van der Waals surface area contributed by atoms with Crippen LogP contribution in [0.4, 0.5) is 5.82 Å². The Labute approximate surface area is 191 Å². The van der Waals surface area contributed by atoms with Gasteiger partial charge in [0, 0.05) is 32.8 Å². The number of carbonyl (C=O) groups excluding carboxylic acids is 1. The Bertz CT molecular complexity index is 1030. The Hall–Kier alpha value is -2.19. The van der Waals surface area contributed by atoms with Crippen molar-refractivity contribution in [2.75, 3.05) is 38.3 Å². The summed E-state index contributed by atoms with van der Waals surface area (Å²) in [5, 5.41) is 9.59. The molecule has 2 aliphatic rings. The number of nitriles is 1. The molecule has 8 nitrogen and oxygen atoms in total. The normalized spacial score (nSPS) is 23.0. The predicted molar refractivity (Wildman–Crippen MR) is 125 cm³/mol. The number of ether oxygens (including phenoxy) is 2. The van der Waals surface area contributed by atoms with E-state index in [1.165, 1.54) is 21.2 Å². The van der Waals surface area contributed by atoms with Gasteiger partial charge in [0.05, 0.1) is 30.3 Å². The largest absolute Gasteiger partial charge is 0.383 e. The lowest BCUT2D eigenvalue weighted by Gasteiger charge is -2.38. The molecule has 1 aromatic heterocycles. The molecule has 166 valence electrons. The number of anilines is 1. The maximum atomic E-state index is 13.0. The molecule has 0 N–H and O–H groups in total. The molecule has 2 aliphatic heterocycles. The van der Waals surface area contributed by atoms with Crippen LogP contribution in [0, 0.1) is 18.3 Å². The Kier molecular flexibility index (Phi) is 7.21. The van der Waals surface area contributed by atoms with Crippen LogP contribution >= 0.6 is 24.0 Å². The lowest BCUT2D eigenvalue weighted by molar-refractivity contribution is -0.122. The van der Waals surface area contributed by atoms with Crippen molar-refractivity contribution in [2.24, 2.45) is 7.05 Å². The van der Waals surface area contributed by atoms with Gasteiger partial charge in [0.15, 0.2) is 0 Å². The second-order valence-electron chi connectivity index (χ2n) is 7.70. The Morgan fingerprint density at radius 2 is 1.97 bits per heavy atom. The molecule has 2 fully saturated rings. The summed E-state index contributed by atoms with van der Waals surface area (Å²) in [6, 6.07) is 2.02. The average molecular weight is 463 g/mol. The van der Waals surface area contributed by atoms with E-state index in [9.17, 15) is 14.9 Å². The van der Waals surface area contributed by atoms with Gasteiger partial charge in [-0.15, -0.1) is 0 Å². The number of thiocarbonyl (C=S) groups is 1. The second kappa shape index (κ2) is 9.53. The van der Waals surface area contributed by atoms with Gasteiger partial charge in [0.25, 0.3) is 11.5 Å². The van der Waals surface area contributed by atoms with E-state index in [-0.39, 0.29) is 29.2 Å². The second-order valence-corrected chi connectivity index (χ2v) is 9.38. The van der Waals surface area contributed by atoms with E-state index in [1.807, 2.05) is 19.9 Å². The van der Waals surface area contributed by atoms with Crippen LogP contribution in [0.15, 0.2) is 9.70 Å². The van der Waals surface area contributed by atoms with Crippen molar-refractivity contribution >= 4 is 46.1 Å². The van der Waals surface area contributed by atoms with E-state index in [0.717, 1.165) is 0 Å². The van der Waals surface area contributed by atoms with E-state index in [4.69, 9.17) is 21.7 Å². The van der Waals surface area contributed by atoms with Crippen molar-refractivity contribution in [1.29, 1.82) is 5.26 Å². The van der Waals surface area contributed by atoms with Crippen molar-refractivity contribution in [3.63, 3.8) is 0 Å². The van der Waals surface area contributed by atoms with Crippen molar-refractivity contribution in [1.82, 2.24) is 9.47 Å². The molecule has 1 aromatic rings. The zero-order valence-electron chi connectivity index (χ0n) is 18.3. The number of thioether (sulfide) groups is 1. The molecule has 0 saturated carbocycles. The molecule has 0 unspecified atom stereocenters. The van der Waals surface area contributed by atoms with Gasteiger partial charge in [0.2, 0.25) is 0 Å². The van der Waals surface area contributed by atoms with Crippen LogP contribution in [0.1, 0.15) is 30.5 Å². The van der Waals surface area contributed by atoms with Crippen LogP contribution in [0.5, 0.6) is 0 Å². The number of hydrogen-bond acceptors (Lipinski definition) is 8. The number of nitrogens with zero attached hydrogens (tertiary/aromatic N) is 4. The van der Waals surface area contributed by atoms with E-state index >= 15 is 0 Å². The van der Waals surface area contributed by atoms with Gasteiger partial charge >= 0.3 is 0 Å². The van der Waals surface area contributed by atoms with Crippen LogP contribution < -0.4 is 10.5 Å². The molecule has 3 heterocycles. The quantitative estimate of drug-likeness (QED) is 0.485. The number of pyridine rings is 1. The number of hydrogen-bond donors (Lipinski definition) is 0. The first-order valence-electron chi connectivity index (χ1n) is 9.98. The smallest absolute Gasteiger partial charge is 0.270 e. The van der Waals surface area contributed by atoms with Crippen LogP contribution in [-0.4, -0.2) is 65.3 Å². The minimum Gasteiger partial charge on any atom is -0.383 e. The number of methoxy groups -OCH3 is 1. The summed E-state index contributed by atoms with van der Waals surface area (Å²) < 4.78 is 12.9. The zero-order chi connectivity index (χ0) is 22.9. The van der Waals surface area contributed by atoms with Gasteiger partial charge in [-0.25, -0.2) is 0 Å². The van der Waals surface area contributed by atoms with E-state index in [1.54, 1.807) is 27.2 Å². The molecule has 3 rings (SSSR count). The summed E-state index contributed by atoms with van der Waals surface area (Å²) in [6.45, 7) is 7.66. The molecule has 0 spiro atoms. The molecule has 0 bridgehead atoms. The number of rotatable bonds is 5. The molecule has 0 aromatic carbocycles. The Balaban J connectivity index is 2.15. The highest BCUT2D eigenvalue weighted by molar-refractivity contribution is 8.26. The fourth-order valence-corrected chi connectivity index (χ4v) is 5.24. The van der Waals surface area contributed by atoms with Gasteiger partial charge in [-0.2, -0.15) is 5.26 Å². The summed E-state index contributed by atoms with van der Waals surface area (Å²) >= 11 is 6.59. The highest BCUT2D eigenvalue weighted by atomic mass is 32.2. The van der Waals surface area contributed by atoms with Crippen LogP contribution in [0.2, 0.25) is 0 Å². The third kappa shape index (κ3) is 4.55. The predicted octanol–water partition coefficient (Wildman–Crippen LogP) is 2.03. The minimum absolute atomic E-state index is 0.0186. The van der Waals surface area contributed by atoms with Gasteiger partial charge in [-0.1, -0.05) is 24.0 Å². The van der Waals surface area contributed by atoms with Crippen LogP contribution in [-0.2, 0) is 21.3 Å². The molecule has 1 amide bonds. The molecule has 10 heteroatoms. The van der Waals surface area contributed by atoms with Crippen LogP contribution in [0.3, 0.4) is 0 Å². The fraction of sp³-hybridized carbons (Fsp3) is 0.524. The van der Waals surface area contributed by atoms with Gasteiger partial charge in [-0.3, -0.25) is 19.1 Å². The number of aromatic nitrogens is 1. The molecule has 31 heavy (non-hydrogen) atoms. The third-order valence-electron chi connectivity index (χ3n) is 5.36. The molecule has 0 radical (unpaired) electrons. The molecular weight excluding hydrogens is 436 g/mol. The topological polar surface area (TPSA) is 87.8 Å². The standard InChI is InChI=1S/C21H26N4O4S2/c1-12-10-24(11-13(2)29-12)18-15(14(3)16(9-22)19(26)23(18)4)8-17-20(27)25(6-7-28-5)21(30)31-17/h8,12-13H,6-7,10-11H2,1-5H3/b17-8-/t12-,13+. The first-order valence-corrected chi connectivity index (χ1v) is 11.2. The lowest BCUT2D eigenvalue weighted by atomic mass is 10.0. The zero-order valence-corrected chi connectivity index (χ0v) is 19.9. The monoisotopic (exact) mass is 462 g/mol. The summed E-state index contributed by atoms with van der Waals surface area (Å²) in [6.07, 6.45) is 1.71. The van der Waals surface area contributed by atoms with Gasteiger partial charge in [-0.05, 0) is 32.4 Å². The average Bonchev–Trinajstić information content (AvgIpc) is 2.97. The molecule has 2 saturated heterocycles. The Morgan fingerprint density at radius 1 is 1.32 bits per heavy atom. The summed E-state index contributed by atoms with van der Waals surface area (Å²) in [7, 11) is 3.23. The van der Waals surface area contributed by atoms with Gasteiger partial charge < -0.3 is 14.4 Å². The molecular formula is C21H26N4O4S2. The van der Waals surface area contributed by atoms with Crippen molar-refractivity contribution in [2.45, 2.75) is 33.0 Å². The fourth-order valence-electron chi connectivity index (χ4n) is 3.95. The number of amides is 1. The van der Waals surface area contributed by atoms with Crippen molar-refractivity contribution in [3.05, 3.63) is 31.9 Å². The molecule has 0 aliphatic carbocycles. The van der Waals surface area contributed by atoms with E-state index in [2.05, 4.69) is 4.90 Å². The first kappa shape index (κ1) is 23.5. The van der Waals surface area contributed by atoms with E-state index < -0.39 is 0 Å². The highest BCUT2D eigenvalue weighted by Gasteiger charge is 2.33. The van der Waals surface area contributed by atoms with Crippen molar-refractivity contribution < 1.29 is 14.3 Å².